The second-order valence-electron chi connectivity index (χ2n) is 5.57. The molecule has 1 aliphatic heterocycles. The molecule has 0 radical (unpaired) electrons. The zero-order valence-electron chi connectivity index (χ0n) is 10.8. The zero-order chi connectivity index (χ0) is 11.8. The molecular weight excluding hydrogens is 212 g/mol. The molecule has 0 bridgehead atoms. The van der Waals surface area contributed by atoms with Crippen molar-refractivity contribution in [2.75, 3.05) is 25.5 Å². The fourth-order valence-corrected chi connectivity index (χ4v) is 2.59. The smallest absolute Gasteiger partial charge is 0.203 e. The van der Waals surface area contributed by atoms with Crippen molar-refractivity contribution in [3.8, 4) is 0 Å². The molecule has 4 heteroatoms. The minimum absolute atomic E-state index is 0.602. The van der Waals surface area contributed by atoms with E-state index in [1.165, 1.54) is 38.8 Å². The molecule has 0 spiro atoms. The number of imidazole rings is 1. The quantitative estimate of drug-likeness (QED) is 0.868. The van der Waals surface area contributed by atoms with E-state index in [1.807, 2.05) is 0 Å². The molecule has 2 aliphatic rings. The van der Waals surface area contributed by atoms with Gasteiger partial charge in [0.1, 0.15) is 0 Å². The molecule has 1 aromatic rings. The third kappa shape index (κ3) is 2.46. The molecule has 17 heavy (non-hydrogen) atoms. The summed E-state index contributed by atoms with van der Waals surface area (Å²) >= 11 is 0. The number of hydrogen-bond donors (Lipinski definition) is 1. The molecule has 2 fully saturated rings. The van der Waals surface area contributed by atoms with Crippen LogP contribution in [0.25, 0.3) is 0 Å². The molecule has 1 N–H and O–H groups in total. The van der Waals surface area contributed by atoms with Gasteiger partial charge < -0.3 is 14.8 Å². The van der Waals surface area contributed by atoms with E-state index in [0.717, 1.165) is 11.6 Å². The first kappa shape index (κ1) is 11.1. The molecule has 0 unspecified atom stereocenters. The Morgan fingerprint density at radius 3 is 2.59 bits per heavy atom. The van der Waals surface area contributed by atoms with Gasteiger partial charge in [0.2, 0.25) is 5.95 Å². The number of hydrogen-bond acceptors (Lipinski definition) is 3. The molecule has 1 saturated heterocycles. The van der Waals surface area contributed by atoms with Crippen LogP contribution in [0.3, 0.4) is 0 Å². The van der Waals surface area contributed by atoms with Crippen LogP contribution >= 0.6 is 0 Å². The average Bonchev–Trinajstić information content (AvgIpc) is 3.07. The zero-order valence-corrected chi connectivity index (χ0v) is 10.8. The van der Waals surface area contributed by atoms with E-state index in [0.29, 0.717) is 12.1 Å². The van der Waals surface area contributed by atoms with Crippen molar-refractivity contribution in [1.82, 2.24) is 14.5 Å². The molecule has 1 aliphatic carbocycles. The summed E-state index contributed by atoms with van der Waals surface area (Å²) in [6.07, 6.45) is 7.28. The maximum Gasteiger partial charge on any atom is 0.203 e. The van der Waals surface area contributed by atoms with E-state index in [4.69, 9.17) is 0 Å². The first-order valence-corrected chi connectivity index (χ1v) is 6.73. The molecule has 0 atom stereocenters. The summed E-state index contributed by atoms with van der Waals surface area (Å²) in [5.41, 5.74) is 1.13. The van der Waals surface area contributed by atoms with Crippen LogP contribution in [0.1, 0.15) is 37.4 Å². The fourth-order valence-electron chi connectivity index (χ4n) is 2.59. The Labute approximate surface area is 103 Å². The number of aromatic nitrogens is 2. The van der Waals surface area contributed by atoms with Crippen molar-refractivity contribution in [3.05, 3.63) is 11.9 Å². The van der Waals surface area contributed by atoms with E-state index in [-0.39, 0.29) is 0 Å². The van der Waals surface area contributed by atoms with E-state index in [1.54, 1.807) is 0 Å². The minimum Gasteiger partial charge on any atom is -0.353 e. The van der Waals surface area contributed by atoms with Crippen LogP contribution in [-0.4, -0.2) is 40.6 Å². The topological polar surface area (TPSA) is 33.1 Å². The number of nitrogens with one attached hydrogen (secondary N) is 1. The monoisotopic (exact) mass is 234 g/mol. The van der Waals surface area contributed by atoms with Crippen molar-refractivity contribution in [1.29, 1.82) is 0 Å². The summed E-state index contributed by atoms with van der Waals surface area (Å²) in [6.45, 7) is 4.47. The van der Waals surface area contributed by atoms with Crippen molar-refractivity contribution in [3.63, 3.8) is 0 Å². The molecular formula is C13H22N4. The third-order valence-electron chi connectivity index (χ3n) is 3.84. The Morgan fingerprint density at radius 1 is 1.24 bits per heavy atom. The molecule has 2 heterocycles. The van der Waals surface area contributed by atoms with Gasteiger partial charge in [-0.05, 0) is 52.7 Å². The minimum atomic E-state index is 0.602. The fraction of sp³-hybridized carbons (Fsp3) is 0.769. The van der Waals surface area contributed by atoms with Crippen molar-refractivity contribution < 1.29 is 0 Å². The van der Waals surface area contributed by atoms with Gasteiger partial charge in [-0.1, -0.05) is 0 Å². The number of anilines is 1. The SMILES string of the molecule is Cc1cn(C2CC2)c(NC2CCN(C)CC2)n1. The molecule has 3 rings (SSSR count). The molecule has 1 aromatic heterocycles. The molecule has 94 valence electrons. The number of likely N-dealkylation sites (tertiary alicyclic amines) is 1. The third-order valence-corrected chi connectivity index (χ3v) is 3.84. The highest BCUT2D eigenvalue weighted by molar-refractivity contribution is 5.32. The number of rotatable bonds is 3. The van der Waals surface area contributed by atoms with Gasteiger partial charge in [0.25, 0.3) is 0 Å². The Morgan fingerprint density at radius 2 is 1.94 bits per heavy atom. The molecule has 1 saturated carbocycles. The van der Waals surface area contributed by atoms with Crippen LogP contribution < -0.4 is 5.32 Å². The van der Waals surface area contributed by atoms with Crippen LogP contribution in [0.5, 0.6) is 0 Å². The lowest BCUT2D eigenvalue weighted by atomic mass is 10.1. The first-order chi connectivity index (χ1) is 8.22. The van der Waals surface area contributed by atoms with Gasteiger partial charge in [-0.2, -0.15) is 0 Å². The lowest BCUT2D eigenvalue weighted by Crippen LogP contribution is -2.37. The maximum absolute atomic E-state index is 4.62. The van der Waals surface area contributed by atoms with Crippen molar-refractivity contribution in [2.24, 2.45) is 0 Å². The molecule has 4 nitrogen and oxygen atoms in total. The van der Waals surface area contributed by atoms with Gasteiger partial charge in [-0.25, -0.2) is 4.98 Å². The van der Waals surface area contributed by atoms with Crippen LogP contribution in [0.4, 0.5) is 5.95 Å². The van der Waals surface area contributed by atoms with E-state index in [2.05, 4.69) is 39.9 Å². The van der Waals surface area contributed by atoms with Crippen LogP contribution in [0.15, 0.2) is 6.20 Å². The van der Waals surface area contributed by atoms with Crippen LogP contribution in [-0.2, 0) is 0 Å². The Hall–Kier alpha value is -1.03. The number of nitrogens with zero attached hydrogens (tertiary/aromatic N) is 3. The van der Waals surface area contributed by atoms with Gasteiger partial charge >= 0.3 is 0 Å². The maximum atomic E-state index is 4.62. The highest BCUT2D eigenvalue weighted by atomic mass is 15.2. The summed E-state index contributed by atoms with van der Waals surface area (Å²) in [5.74, 6) is 1.10. The number of aryl methyl sites for hydroxylation is 1. The summed E-state index contributed by atoms with van der Waals surface area (Å²) < 4.78 is 2.34. The largest absolute Gasteiger partial charge is 0.353 e. The van der Waals surface area contributed by atoms with Gasteiger partial charge in [0.05, 0.1) is 5.69 Å². The molecule has 0 amide bonds. The van der Waals surface area contributed by atoms with Crippen molar-refractivity contribution in [2.45, 2.75) is 44.7 Å². The Bertz CT molecular complexity index is 386. The second kappa shape index (κ2) is 4.33. The molecule has 0 aromatic carbocycles. The van der Waals surface area contributed by atoms with Crippen LogP contribution in [0, 0.1) is 6.92 Å². The highest BCUT2D eigenvalue weighted by Gasteiger charge is 2.27. The average molecular weight is 234 g/mol. The first-order valence-electron chi connectivity index (χ1n) is 6.73. The number of piperidine rings is 1. The van der Waals surface area contributed by atoms with Gasteiger partial charge in [-0.3, -0.25) is 0 Å². The van der Waals surface area contributed by atoms with E-state index < -0.39 is 0 Å². The summed E-state index contributed by atoms with van der Waals surface area (Å²) in [7, 11) is 2.20. The summed E-state index contributed by atoms with van der Waals surface area (Å²) in [4.78, 5) is 7.02. The van der Waals surface area contributed by atoms with Crippen LogP contribution in [0.2, 0.25) is 0 Å². The lowest BCUT2D eigenvalue weighted by Gasteiger charge is -2.29. The highest BCUT2D eigenvalue weighted by Crippen LogP contribution is 2.37. The normalized spacial score (nSPS) is 22.9. The Balaban J connectivity index is 1.67. The predicted octanol–water partition coefficient (Wildman–Crippen LogP) is 2.03. The second-order valence-corrected chi connectivity index (χ2v) is 5.57. The van der Waals surface area contributed by atoms with Gasteiger partial charge in [0, 0.05) is 18.3 Å². The Kier molecular flexibility index (Phi) is 2.82. The van der Waals surface area contributed by atoms with Gasteiger partial charge in [-0.15, -0.1) is 0 Å². The summed E-state index contributed by atoms with van der Waals surface area (Å²) in [5, 5.41) is 3.64. The van der Waals surface area contributed by atoms with Gasteiger partial charge in [0.15, 0.2) is 0 Å². The van der Waals surface area contributed by atoms with Crippen molar-refractivity contribution >= 4 is 5.95 Å². The van der Waals surface area contributed by atoms with E-state index >= 15 is 0 Å². The summed E-state index contributed by atoms with van der Waals surface area (Å²) in [6, 6.07) is 1.32. The standard InChI is InChI=1S/C13H22N4/c1-10-9-17(12-3-4-12)13(14-10)15-11-5-7-16(2)8-6-11/h9,11-12H,3-8H2,1-2H3,(H,14,15). The predicted molar refractivity (Wildman–Crippen MR) is 69.4 cm³/mol. The lowest BCUT2D eigenvalue weighted by molar-refractivity contribution is 0.263. The van der Waals surface area contributed by atoms with E-state index in [9.17, 15) is 0 Å².